The fourth-order valence-corrected chi connectivity index (χ4v) is 1.07. The van der Waals surface area contributed by atoms with E-state index in [4.69, 9.17) is 1.37 Å². The zero-order chi connectivity index (χ0) is 7.68. The van der Waals surface area contributed by atoms with Crippen molar-refractivity contribution in [1.29, 1.82) is 0 Å². The van der Waals surface area contributed by atoms with Gasteiger partial charge < -0.3 is 0 Å². The molecule has 0 fully saturated rings. The quantitative estimate of drug-likeness (QED) is 0.514. The topological polar surface area (TPSA) is 0 Å². The summed E-state index contributed by atoms with van der Waals surface area (Å²) in [6, 6.07) is 14.3. The molecule has 0 heterocycles. The van der Waals surface area contributed by atoms with E-state index < -0.39 is 0 Å². The van der Waals surface area contributed by atoms with E-state index in [9.17, 15) is 0 Å². The first-order valence-corrected chi connectivity index (χ1v) is 3.32. The maximum Gasteiger partial charge on any atom is 0.0623 e. The van der Waals surface area contributed by atoms with Gasteiger partial charge in [0.05, 0.1) is 1.37 Å². The second-order valence-electron chi connectivity index (χ2n) is 2.27. The lowest BCUT2D eigenvalue weighted by Gasteiger charge is -1.92. The molecule has 2 aromatic carbocycles. The minimum atomic E-state index is 0.573. The average molecular weight is 130 g/mol. The summed E-state index contributed by atoms with van der Waals surface area (Å²) in [5, 5.41) is 2.34. The molecule has 48 valence electrons. The lowest BCUT2D eigenvalue weighted by Crippen LogP contribution is -1.67. The molecule has 2 rings (SSSR count). The highest BCUT2D eigenvalue weighted by Crippen LogP contribution is 2.11. The molecular weight excluding hydrogens is 121 g/mol. The van der Waals surface area contributed by atoms with Crippen molar-refractivity contribution >= 4 is 10.8 Å². The largest absolute Gasteiger partial charge is 0.0623 e. The van der Waals surface area contributed by atoms with E-state index in [1.165, 1.54) is 5.39 Å². The van der Waals surface area contributed by atoms with Crippen LogP contribution in [0.15, 0.2) is 48.5 Å². The molecule has 0 aromatic heterocycles. The Morgan fingerprint density at radius 2 is 1.40 bits per heavy atom. The molecule has 0 saturated heterocycles. The lowest BCUT2D eigenvalue weighted by molar-refractivity contribution is 1.75. The summed E-state index contributed by atoms with van der Waals surface area (Å²) in [5.41, 5.74) is 0. The third-order valence-corrected chi connectivity index (χ3v) is 1.59. The van der Waals surface area contributed by atoms with Gasteiger partial charge in [-0.3, -0.25) is 0 Å². The zero-order valence-corrected chi connectivity index (χ0v) is 5.54. The van der Waals surface area contributed by atoms with E-state index in [0.717, 1.165) is 5.39 Å². The van der Waals surface area contributed by atoms with Gasteiger partial charge in [0.25, 0.3) is 0 Å². The third kappa shape index (κ3) is 0.781. The summed E-state index contributed by atoms with van der Waals surface area (Å²) in [5.74, 6) is 0. The van der Waals surface area contributed by atoms with Gasteiger partial charge in [0.15, 0.2) is 0 Å². The van der Waals surface area contributed by atoms with Crippen LogP contribution in [0.5, 0.6) is 0 Å². The monoisotopic (exact) mass is 130 g/mol. The molecule has 0 heteroatoms. The van der Waals surface area contributed by atoms with Gasteiger partial charge in [-0.1, -0.05) is 48.5 Å². The Balaban J connectivity index is 2.83. The first-order chi connectivity index (χ1) is 5.36. The Kier molecular flexibility index (Phi) is 0.966. The Hall–Kier alpha value is -1.30. The highest BCUT2D eigenvalue weighted by atomic mass is 14.1. The van der Waals surface area contributed by atoms with Crippen LogP contribution in [0.25, 0.3) is 10.8 Å². The molecule has 0 bridgehead atoms. The predicted molar refractivity (Wildman–Crippen MR) is 43.9 cm³/mol. The van der Waals surface area contributed by atoms with Crippen LogP contribution in [0, 0.1) is 0 Å². The van der Waals surface area contributed by atoms with E-state index >= 15 is 0 Å². The molecule has 0 radical (unpaired) electrons. The number of benzene rings is 2. The van der Waals surface area contributed by atoms with Crippen LogP contribution in [-0.4, -0.2) is 0 Å². The second kappa shape index (κ2) is 2.14. The van der Waals surface area contributed by atoms with Gasteiger partial charge in [-0.2, -0.15) is 0 Å². The molecular formula is C10H8. The predicted octanol–water partition coefficient (Wildman–Crippen LogP) is 2.84. The first-order valence-electron chi connectivity index (χ1n) is 3.82. The van der Waals surface area contributed by atoms with E-state index in [0.29, 0.717) is 6.04 Å². The summed E-state index contributed by atoms with van der Waals surface area (Å²) in [6.45, 7) is 0. The minimum absolute atomic E-state index is 0.573. The van der Waals surface area contributed by atoms with Crippen molar-refractivity contribution in [1.82, 2.24) is 0 Å². The molecule has 10 heavy (non-hydrogen) atoms. The van der Waals surface area contributed by atoms with Gasteiger partial charge in [0, 0.05) is 0 Å². The molecule has 0 N–H and O–H groups in total. The van der Waals surface area contributed by atoms with Crippen molar-refractivity contribution < 1.29 is 1.37 Å². The van der Waals surface area contributed by atoms with Crippen molar-refractivity contribution in [2.45, 2.75) is 0 Å². The van der Waals surface area contributed by atoms with Crippen LogP contribution in [0.1, 0.15) is 1.37 Å². The van der Waals surface area contributed by atoms with Gasteiger partial charge in [0.2, 0.25) is 0 Å². The molecule has 0 spiro atoms. The number of rotatable bonds is 0. The summed E-state index contributed by atoms with van der Waals surface area (Å²) >= 11 is 0. The van der Waals surface area contributed by atoms with Crippen LogP contribution < -0.4 is 0 Å². The van der Waals surface area contributed by atoms with E-state index in [1.807, 2.05) is 36.4 Å². The summed E-state index contributed by atoms with van der Waals surface area (Å²) < 4.78 is 7.38. The van der Waals surface area contributed by atoms with Gasteiger partial charge in [0.1, 0.15) is 0 Å². The molecule has 0 aliphatic rings. The second-order valence-corrected chi connectivity index (χ2v) is 2.27. The normalized spacial score (nSPS) is 11.4. The molecule has 0 aliphatic heterocycles. The van der Waals surface area contributed by atoms with Crippen molar-refractivity contribution in [3.05, 3.63) is 48.5 Å². The standard InChI is InChI=1S/C10H8/c1-2-6-10-8-4-3-7-9(10)5-1/h1-8H/i1D,5+1. The van der Waals surface area contributed by atoms with Crippen LogP contribution >= 0.6 is 0 Å². The van der Waals surface area contributed by atoms with Crippen molar-refractivity contribution in [3.8, 4) is 0 Å². The number of hydrogen-bond acceptors (Lipinski definition) is 0. The first kappa shape index (κ1) is 4.51. The van der Waals surface area contributed by atoms with Gasteiger partial charge in [-0.15, -0.1) is 0 Å². The van der Waals surface area contributed by atoms with Crippen LogP contribution in [0.2, 0.25) is 0 Å². The fourth-order valence-electron chi connectivity index (χ4n) is 1.07. The van der Waals surface area contributed by atoms with Crippen molar-refractivity contribution in [2.24, 2.45) is 0 Å². The Labute approximate surface area is 61.5 Å². The Morgan fingerprint density at radius 3 is 2.20 bits per heavy atom. The number of hydrogen-bond donors (Lipinski definition) is 0. The minimum Gasteiger partial charge on any atom is -0.0616 e. The maximum absolute atomic E-state index is 7.38. The van der Waals surface area contributed by atoms with Crippen LogP contribution in [-0.2, 0) is 0 Å². The van der Waals surface area contributed by atoms with Gasteiger partial charge in [-0.25, -0.2) is 0 Å². The van der Waals surface area contributed by atoms with E-state index in [2.05, 4.69) is 6.07 Å². The van der Waals surface area contributed by atoms with Crippen LogP contribution in [0.3, 0.4) is 0 Å². The van der Waals surface area contributed by atoms with Gasteiger partial charge >= 0.3 is 0 Å². The third-order valence-electron chi connectivity index (χ3n) is 1.59. The molecule has 0 nitrogen and oxygen atoms in total. The molecule has 0 aliphatic carbocycles. The molecule has 0 amide bonds. The summed E-state index contributed by atoms with van der Waals surface area (Å²) in [4.78, 5) is 0. The Morgan fingerprint density at radius 1 is 0.800 bits per heavy atom. The molecule has 0 atom stereocenters. The fraction of sp³-hybridized carbons (Fsp3) is 0. The average Bonchev–Trinajstić information content (AvgIpc) is 2.04. The summed E-state index contributed by atoms with van der Waals surface area (Å²) in [6.07, 6.45) is 0. The lowest BCUT2D eigenvalue weighted by atomic mass is 10.2. The smallest absolute Gasteiger partial charge is 0.0616 e. The van der Waals surface area contributed by atoms with Crippen molar-refractivity contribution in [3.63, 3.8) is 0 Å². The molecule has 0 unspecified atom stereocenters. The molecule has 0 saturated carbocycles. The Bertz CT molecular complexity index is 379. The van der Waals surface area contributed by atoms with E-state index in [-0.39, 0.29) is 0 Å². The summed E-state index contributed by atoms with van der Waals surface area (Å²) in [7, 11) is 0. The molecule has 2 aromatic rings. The zero-order valence-electron chi connectivity index (χ0n) is 6.54. The highest BCUT2D eigenvalue weighted by molar-refractivity contribution is 5.81. The van der Waals surface area contributed by atoms with Crippen molar-refractivity contribution in [2.75, 3.05) is 0 Å². The number of fused-ring (bicyclic) bond motifs is 1. The maximum atomic E-state index is 7.38. The van der Waals surface area contributed by atoms with Crippen LogP contribution in [0.4, 0.5) is 0 Å². The van der Waals surface area contributed by atoms with Gasteiger partial charge in [-0.05, 0) is 10.8 Å². The SMILES string of the molecule is [2H]c1ccc2ccccc2[13cH]1. The van der Waals surface area contributed by atoms with E-state index in [1.54, 1.807) is 0 Å². The highest BCUT2D eigenvalue weighted by Gasteiger charge is 1.85.